The van der Waals surface area contributed by atoms with Gasteiger partial charge in [-0.2, -0.15) is 13.2 Å². The lowest BCUT2D eigenvalue weighted by atomic mass is 9.82. The maximum atomic E-state index is 12.7. The lowest BCUT2D eigenvalue weighted by Crippen LogP contribution is -2.29. The smallest absolute Gasteiger partial charge is 0.391 e. The van der Waals surface area contributed by atoms with Crippen molar-refractivity contribution >= 4 is 35.6 Å². The minimum Gasteiger partial charge on any atom is -0.490 e. The van der Waals surface area contributed by atoms with E-state index in [1.807, 2.05) is 12.1 Å². The summed E-state index contributed by atoms with van der Waals surface area (Å²) in [4.78, 5) is 4.29. The van der Waals surface area contributed by atoms with Crippen LogP contribution in [0, 0.1) is 11.8 Å². The lowest BCUT2D eigenvalue weighted by Gasteiger charge is -2.29. The van der Waals surface area contributed by atoms with Gasteiger partial charge < -0.3 is 20.5 Å². The van der Waals surface area contributed by atoms with Crippen molar-refractivity contribution in [3.63, 3.8) is 0 Å². The zero-order valence-electron chi connectivity index (χ0n) is 14.9. The summed E-state index contributed by atoms with van der Waals surface area (Å²) >= 11 is 0. The van der Waals surface area contributed by atoms with E-state index in [1.165, 1.54) is 0 Å². The molecule has 0 spiro atoms. The summed E-state index contributed by atoms with van der Waals surface area (Å²) in [7, 11) is 0. The largest absolute Gasteiger partial charge is 0.490 e. The predicted octanol–water partition coefficient (Wildman–Crippen LogP) is 4.56. The fraction of sp³-hybridized carbons (Fsp3) is 0.611. The van der Waals surface area contributed by atoms with Gasteiger partial charge in [-0.25, -0.2) is 0 Å². The summed E-state index contributed by atoms with van der Waals surface area (Å²) in [5, 5.41) is 3.00. The zero-order chi connectivity index (χ0) is 18.6. The molecule has 3 N–H and O–H groups in total. The molecule has 1 aliphatic heterocycles. The molecule has 9 heteroatoms. The van der Waals surface area contributed by atoms with Crippen molar-refractivity contribution in [2.45, 2.75) is 38.3 Å². The van der Waals surface area contributed by atoms with E-state index < -0.39 is 12.1 Å². The number of ether oxygens (including phenoxy) is 2. The second-order valence-corrected chi connectivity index (χ2v) is 6.82. The summed E-state index contributed by atoms with van der Waals surface area (Å²) in [6, 6.07) is 5.44. The molecular formula is C18H25F3IN3O2. The third kappa shape index (κ3) is 6.32. The van der Waals surface area contributed by atoms with E-state index in [2.05, 4.69) is 10.3 Å². The van der Waals surface area contributed by atoms with Crippen LogP contribution in [0.1, 0.15) is 32.1 Å². The van der Waals surface area contributed by atoms with Crippen LogP contribution in [0.3, 0.4) is 0 Å². The molecule has 1 aliphatic carbocycles. The Hall–Kier alpha value is -1.39. The highest BCUT2D eigenvalue weighted by Gasteiger charge is 2.41. The molecule has 2 aliphatic rings. The number of aliphatic imine (C=N–C) groups is 1. The monoisotopic (exact) mass is 499 g/mol. The quantitative estimate of drug-likeness (QED) is 0.364. The van der Waals surface area contributed by atoms with Gasteiger partial charge in [-0.1, -0.05) is 0 Å². The number of guanidine groups is 1. The molecule has 3 rings (SSSR count). The molecule has 5 nitrogen and oxygen atoms in total. The first-order chi connectivity index (χ1) is 12.4. The number of alkyl halides is 3. The van der Waals surface area contributed by atoms with Gasteiger partial charge in [0.15, 0.2) is 17.5 Å². The van der Waals surface area contributed by atoms with Gasteiger partial charge in [0, 0.05) is 24.7 Å². The van der Waals surface area contributed by atoms with E-state index in [-0.39, 0.29) is 48.7 Å². The van der Waals surface area contributed by atoms with Crippen LogP contribution in [0.4, 0.5) is 18.9 Å². The van der Waals surface area contributed by atoms with E-state index in [0.29, 0.717) is 44.1 Å². The van der Waals surface area contributed by atoms with E-state index >= 15 is 0 Å². The Morgan fingerprint density at radius 3 is 2.44 bits per heavy atom. The Morgan fingerprint density at radius 1 is 1.11 bits per heavy atom. The third-order valence-electron chi connectivity index (χ3n) is 4.85. The van der Waals surface area contributed by atoms with Crippen LogP contribution in [-0.2, 0) is 0 Å². The molecule has 1 aromatic carbocycles. The first-order valence-electron chi connectivity index (χ1n) is 8.95. The lowest BCUT2D eigenvalue weighted by molar-refractivity contribution is -0.183. The van der Waals surface area contributed by atoms with Gasteiger partial charge in [0.1, 0.15) is 0 Å². The topological polar surface area (TPSA) is 68.9 Å². The van der Waals surface area contributed by atoms with E-state index in [1.54, 1.807) is 6.07 Å². The highest BCUT2D eigenvalue weighted by atomic mass is 127. The van der Waals surface area contributed by atoms with Gasteiger partial charge in [0.05, 0.1) is 19.1 Å². The molecule has 1 saturated carbocycles. The van der Waals surface area contributed by atoms with Crippen molar-refractivity contribution in [2.24, 2.45) is 22.6 Å². The van der Waals surface area contributed by atoms with Crippen molar-refractivity contribution in [1.82, 2.24) is 0 Å². The van der Waals surface area contributed by atoms with Crippen molar-refractivity contribution < 1.29 is 22.6 Å². The molecular weight excluding hydrogens is 474 g/mol. The standard InChI is InChI=1S/C18H24F3N3O2.HI/c19-18(20,21)13-4-2-12(3-5-13)11-23-17(22)24-14-6-7-15-16(10-14)26-9-1-8-25-15;/h6-7,10,12-13H,1-5,8-9,11H2,(H3,22,23,24);1H. The first kappa shape index (κ1) is 21.9. The fourth-order valence-corrected chi connectivity index (χ4v) is 3.33. The Bertz CT molecular complexity index is 647. The van der Waals surface area contributed by atoms with Crippen LogP contribution in [0.5, 0.6) is 11.5 Å². The van der Waals surface area contributed by atoms with Crippen molar-refractivity contribution in [3.05, 3.63) is 18.2 Å². The van der Waals surface area contributed by atoms with Crippen LogP contribution >= 0.6 is 24.0 Å². The van der Waals surface area contributed by atoms with Crippen LogP contribution in [0.15, 0.2) is 23.2 Å². The fourth-order valence-electron chi connectivity index (χ4n) is 3.33. The molecule has 0 bridgehead atoms. The maximum Gasteiger partial charge on any atom is 0.391 e. The second-order valence-electron chi connectivity index (χ2n) is 6.82. The Balaban J connectivity index is 0.00000261. The van der Waals surface area contributed by atoms with Crippen LogP contribution in [-0.4, -0.2) is 31.9 Å². The number of hydrogen-bond acceptors (Lipinski definition) is 3. The molecule has 0 unspecified atom stereocenters. The minimum absolute atomic E-state index is 0. The number of benzene rings is 1. The van der Waals surface area contributed by atoms with Gasteiger partial charge >= 0.3 is 6.18 Å². The molecule has 152 valence electrons. The second kappa shape index (κ2) is 9.70. The Morgan fingerprint density at radius 2 is 1.78 bits per heavy atom. The summed E-state index contributed by atoms with van der Waals surface area (Å²) in [5.41, 5.74) is 6.65. The summed E-state index contributed by atoms with van der Waals surface area (Å²) in [6.07, 6.45) is -1.82. The van der Waals surface area contributed by atoms with Gasteiger partial charge in [-0.15, -0.1) is 24.0 Å². The van der Waals surface area contributed by atoms with Gasteiger partial charge in [-0.05, 0) is 43.7 Å². The number of rotatable bonds is 3. The predicted molar refractivity (Wildman–Crippen MR) is 109 cm³/mol. The number of nitrogens with two attached hydrogens (primary N) is 1. The van der Waals surface area contributed by atoms with Crippen LogP contribution < -0.4 is 20.5 Å². The molecule has 27 heavy (non-hydrogen) atoms. The molecule has 0 atom stereocenters. The zero-order valence-corrected chi connectivity index (χ0v) is 17.3. The normalized spacial score (nSPS) is 23.1. The number of nitrogens with one attached hydrogen (secondary N) is 1. The number of nitrogens with zero attached hydrogens (tertiary/aromatic N) is 1. The van der Waals surface area contributed by atoms with Crippen LogP contribution in [0.2, 0.25) is 0 Å². The Labute approximate surface area is 173 Å². The van der Waals surface area contributed by atoms with Gasteiger partial charge in [0.25, 0.3) is 0 Å². The van der Waals surface area contributed by atoms with Crippen LogP contribution in [0.25, 0.3) is 0 Å². The SMILES string of the molecule is I.NC(=NCC1CCC(C(F)(F)F)CC1)Nc1ccc2c(c1)OCCCO2. The Kier molecular flexibility index (Phi) is 7.87. The number of anilines is 1. The van der Waals surface area contributed by atoms with Gasteiger partial charge in [-0.3, -0.25) is 4.99 Å². The van der Waals surface area contributed by atoms with Crippen molar-refractivity contribution in [1.29, 1.82) is 0 Å². The molecule has 1 fully saturated rings. The highest BCUT2D eigenvalue weighted by molar-refractivity contribution is 14.0. The minimum atomic E-state index is -4.08. The van der Waals surface area contributed by atoms with E-state index in [9.17, 15) is 13.2 Å². The van der Waals surface area contributed by atoms with Crippen molar-refractivity contribution in [2.75, 3.05) is 25.1 Å². The van der Waals surface area contributed by atoms with Gasteiger partial charge in [0.2, 0.25) is 0 Å². The van der Waals surface area contributed by atoms with E-state index in [4.69, 9.17) is 15.2 Å². The highest BCUT2D eigenvalue weighted by Crippen LogP contribution is 2.39. The third-order valence-corrected chi connectivity index (χ3v) is 4.85. The summed E-state index contributed by atoms with van der Waals surface area (Å²) in [6.45, 7) is 1.66. The number of fused-ring (bicyclic) bond motifs is 1. The molecule has 1 heterocycles. The molecule has 0 saturated heterocycles. The van der Waals surface area contributed by atoms with E-state index in [0.717, 1.165) is 12.1 Å². The maximum absolute atomic E-state index is 12.7. The average Bonchev–Trinajstić information content (AvgIpc) is 2.84. The molecule has 0 amide bonds. The molecule has 1 aromatic rings. The number of hydrogen-bond donors (Lipinski definition) is 2. The van der Waals surface area contributed by atoms with Crippen molar-refractivity contribution in [3.8, 4) is 11.5 Å². The summed E-state index contributed by atoms with van der Waals surface area (Å²) < 4.78 is 49.3. The average molecular weight is 499 g/mol. The summed E-state index contributed by atoms with van der Waals surface area (Å²) in [5.74, 6) is 0.589. The molecule has 0 radical (unpaired) electrons. The molecule has 0 aromatic heterocycles. The number of halogens is 4. The first-order valence-corrected chi connectivity index (χ1v) is 8.95.